The molecule has 4 nitrogen and oxygen atoms in total. The van der Waals surface area contributed by atoms with Crippen LogP contribution in [0.15, 0.2) is 0 Å². The van der Waals surface area contributed by atoms with Crippen LogP contribution in [-0.4, -0.2) is 50.1 Å². The average Bonchev–Trinajstić information content (AvgIpc) is 3.13. The van der Waals surface area contributed by atoms with Crippen LogP contribution in [0.5, 0.6) is 0 Å². The molecule has 1 atom stereocenters. The van der Waals surface area contributed by atoms with Gasteiger partial charge in [-0.3, -0.25) is 4.79 Å². The fourth-order valence-electron chi connectivity index (χ4n) is 3.37. The summed E-state index contributed by atoms with van der Waals surface area (Å²) in [7, 11) is 0. The summed E-state index contributed by atoms with van der Waals surface area (Å²) in [5.74, 6) is 0.615. The zero-order valence-electron chi connectivity index (χ0n) is 12.5. The van der Waals surface area contributed by atoms with Gasteiger partial charge in [-0.1, -0.05) is 13.8 Å². The summed E-state index contributed by atoms with van der Waals surface area (Å²) in [5, 5.41) is 6.51. The molecular weight excluding hydrogens is 238 g/mol. The second kappa shape index (κ2) is 6.71. The van der Waals surface area contributed by atoms with Crippen molar-refractivity contribution in [2.24, 2.45) is 11.3 Å². The summed E-state index contributed by atoms with van der Waals surface area (Å²) in [5.41, 5.74) is 0.369. The van der Waals surface area contributed by atoms with Gasteiger partial charge in [-0.25, -0.2) is 0 Å². The second-order valence-electron chi connectivity index (χ2n) is 6.04. The molecule has 4 heteroatoms. The molecule has 1 aliphatic carbocycles. The van der Waals surface area contributed by atoms with Crippen LogP contribution < -0.4 is 10.6 Å². The van der Waals surface area contributed by atoms with Gasteiger partial charge in [0.25, 0.3) is 0 Å². The monoisotopic (exact) mass is 267 g/mol. The Bertz CT molecular complexity index is 296. The van der Waals surface area contributed by atoms with Crippen LogP contribution in [0.2, 0.25) is 0 Å². The highest BCUT2D eigenvalue weighted by atomic mass is 16.2. The normalized spacial score (nSPS) is 24.7. The van der Waals surface area contributed by atoms with Crippen LogP contribution in [0.1, 0.15) is 39.5 Å². The van der Waals surface area contributed by atoms with Gasteiger partial charge in [0.05, 0.1) is 0 Å². The number of hydrogen-bond donors (Lipinski definition) is 2. The first-order valence-corrected chi connectivity index (χ1v) is 7.92. The molecule has 0 bridgehead atoms. The maximum atomic E-state index is 12.1. The van der Waals surface area contributed by atoms with Gasteiger partial charge < -0.3 is 15.5 Å². The molecule has 1 saturated heterocycles. The Balaban J connectivity index is 1.61. The standard InChI is InChI=1S/C15H29N3O/c1-3-18(4-2)11-5-8-17-14(19)13-12-15(13)6-9-16-10-7-15/h13,16H,3-12H2,1-2H3,(H,17,19). The van der Waals surface area contributed by atoms with Crippen molar-refractivity contribution in [1.29, 1.82) is 0 Å². The molecule has 2 N–H and O–H groups in total. The highest BCUT2D eigenvalue weighted by Crippen LogP contribution is 2.58. The first kappa shape index (κ1) is 14.8. The molecule has 1 spiro atoms. The topological polar surface area (TPSA) is 44.4 Å². The van der Waals surface area contributed by atoms with Gasteiger partial charge in [-0.05, 0) is 63.8 Å². The van der Waals surface area contributed by atoms with Crippen molar-refractivity contribution in [2.45, 2.75) is 39.5 Å². The van der Waals surface area contributed by atoms with Crippen molar-refractivity contribution in [3.05, 3.63) is 0 Å². The first-order chi connectivity index (χ1) is 9.22. The Kier molecular flexibility index (Phi) is 5.22. The van der Waals surface area contributed by atoms with Crippen LogP contribution in [0.3, 0.4) is 0 Å². The molecule has 0 radical (unpaired) electrons. The van der Waals surface area contributed by atoms with Crippen molar-refractivity contribution < 1.29 is 4.79 Å². The number of carbonyl (C=O) groups excluding carboxylic acids is 1. The Labute approximate surface area is 117 Å². The molecule has 19 heavy (non-hydrogen) atoms. The molecule has 2 fully saturated rings. The quantitative estimate of drug-likeness (QED) is 0.682. The molecule has 1 saturated carbocycles. The minimum Gasteiger partial charge on any atom is -0.356 e. The van der Waals surface area contributed by atoms with E-state index in [9.17, 15) is 4.79 Å². The molecule has 1 heterocycles. The molecule has 0 aromatic heterocycles. The maximum absolute atomic E-state index is 12.1. The van der Waals surface area contributed by atoms with Crippen molar-refractivity contribution in [3.8, 4) is 0 Å². The van der Waals surface area contributed by atoms with Crippen molar-refractivity contribution >= 4 is 5.91 Å². The third-order valence-corrected chi connectivity index (χ3v) is 4.95. The minimum atomic E-state index is 0.307. The van der Waals surface area contributed by atoms with Crippen molar-refractivity contribution in [1.82, 2.24) is 15.5 Å². The number of nitrogens with one attached hydrogen (secondary N) is 2. The Hall–Kier alpha value is -0.610. The van der Waals surface area contributed by atoms with Gasteiger partial charge in [0.1, 0.15) is 0 Å². The third kappa shape index (κ3) is 3.69. The van der Waals surface area contributed by atoms with Gasteiger partial charge in [0.2, 0.25) is 5.91 Å². The number of hydrogen-bond acceptors (Lipinski definition) is 3. The number of amides is 1. The largest absolute Gasteiger partial charge is 0.356 e. The summed E-state index contributed by atoms with van der Waals surface area (Å²) in [4.78, 5) is 14.5. The average molecular weight is 267 g/mol. The molecule has 2 aliphatic rings. The van der Waals surface area contributed by atoms with E-state index in [-0.39, 0.29) is 0 Å². The summed E-state index contributed by atoms with van der Waals surface area (Å²) in [6, 6.07) is 0. The smallest absolute Gasteiger partial charge is 0.223 e. The van der Waals surface area contributed by atoms with Crippen LogP contribution >= 0.6 is 0 Å². The van der Waals surface area contributed by atoms with Gasteiger partial charge in [-0.15, -0.1) is 0 Å². The van der Waals surface area contributed by atoms with Crippen LogP contribution in [0, 0.1) is 11.3 Å². The summed E-state index contributed by atoms with van der Waals surface area (Å²) in [6.07, 6.45) is 4.56. The number of piperidine rings is 1. The fraction of sp³-hybridized carbons (Fsp3) is 0.933. The Morgan fingerprint density at radius 1 is 1.32 bits per heavy atom. The van der Waals surface area contributed by atoms with E-state index in [2.05, 4.69) is 29.4 Å². The first-order valence-electron chi connectivity index (χ1n) is 7.92. The molecule has 1 aliphatic heterocycles. The Morgan fingerprint density at radius 3 is 2.63 bits per heavy atom. The lowest BCUT2D eigenvalue weighted by atomic mass is 9.92. The number of nitrogens with zero attached hydrogens (tertiary/aromatic N) is 1. The van der Waals surface area contributed by atoms with E-state index in [0.29, 0.717) is 17.2 Å². The SMILES string of the molecule is CCN(CC)CCCNC(=O)C1CC12CCNCC2. The molecule has 1 amide bonds. The van der Waals surface area contributed by atoms with E-state index in [1.807, 2.05) is 0 Å². The molecule has 110 valence electrons. The Morgan fingerprint density at radius 2 is 2.00 bits per heavy atom. The van der Waals surface area contributed by atoms with Gasteiger partial charge >= 0.3 is 0 Å². The van der Waals surface area contributed by atoms with E-state index in [4.69, 9.17) is 0 Å². The van der Waals surface area contributed by atoms with E-state index in [1.165, 1.54) is 12.8 Å². The van der Waals surface area contributed by atoms with Crippen LogP contribution in [0.4, 0.5) is 0 Å². The van der Waals surface area contributed by atoms with Crippen LogP contribution in [-0.2, 0) is 4.79 Å². The van der Waals surface area contributed by atoms with Gasteiger partial charge in [-0.2, -0.15) is 0 Å². The zero-order chi connectivity index (χ0) is 13.7. The minimum absolute atomic E-state index is 0.307. The van der Waals surface area contributed by atoms with E-state index >= 15 is 0 Å². The van der Waals surface area contributed by atoms with Crippen molar-refractivity contribution in [3.63, 3.8) is 0 Å². The predicted octanol–water partition coefficient (Wildman–Crippen LogP) is 1.22. The third-order valence-electron chi connectivity index (χ3n) is 4.95. The highest BCUT2D eigenvalue weighted by molar-refractivity contribution is 5.82. The maximum Gasteiger partial charge on any atom is 0.223 e. The van der Waals surface area contributed by atoms with E-state index < -0.39 is 0 Å². The number of rotatable bonds is 7. The second-order valence-corrected chi connectivity index (χ2v) is 6.04. The highest BCUT2D eigenvalue weighted by Gasteiger charge is 2.57. The molecule has 0 aromatic carbocycles. The van der Waals surface area contributed by atoms with Crippen molar-refractivity contribution in [2.75, 3.05) is 39.3 Å². The summed E-state index contributed by atoms with van der Waals surface area (Å²) in [6.45, 7) is 10.7. The molecule has 0 aromatic rings. The number of carbonyl (C=O) groups is 1. The van der Waals surface area contributed by atoms with Crippen LogP contribution in [0.25, 0.3) is 0 Å². The molecule has 1 unspecified atom stereocenters. The fourth-order valence-corrected chi connectivity index (χ4v) is 3.37. The summed E-state index contributed by atoms with van der Waals surface area (Å²) >= 11 is 0. The lowest BCUT2D eigenvalue weighted by Crippen LogP contribution is -2.35. The zero-order valence-corrected chi connectivity index (χ0v) is 12.5. The van der Waals surface area contributed by atoms with Gasteiger partial charge in [0, 0.05) is 12.5 Å². The predicted molar refractivity (Wildman–Crippen MR) is 78.1 cm³/mol. The molecule has 2 rings (SSSR count). The molecular formula is C15H29N3O. The van der Waals surface area contributed by atoms with E-state index in [0.717, 1.165) is 52.1 Å². The lowest BCUT2D eigenvalue weighted by Gasteiger charge is -2.23. The lowest BCUT2D eigenvalue weighted by molar-refractivity contribution is -0.123. The van der Waals surface area contributed by atoms with Gasteiger partial charge in [0.15, 0.2) is 0 Å². The summed E-state index contributed by atoms with van der Waals surface area (Å²) < 4.78 is 0. The van der Waals surface area contributed by atoms with E-state index in [1.54, 1.807) is 0 Å².